The fraction of sp³-hybridized carbons (Fsp3) is 0.533. The van der Waals surface area contributed by atoms with E-state index >= 15 is 0 Å². The van der Waals surface area contributed by atoms with E-state index < -0.39 is 117 Å². The van der Waals surface area contributed by atoms with Crippen LogP contribution in [-0.2, 0) is 35.0 Å². The third-order valence-corrected chi connectivity index (χ3v) is 8.31. The summed E-state index contributed by atoms with van der Waals surface area (Å²) >= 11 is 0. The molecule has 0 saturated carbocycles. The van der Waals surface area contributed by atoms with Crippen LogP contribution in [0.25, 0.3) is 0 Å². The molecule has 5 rings (SSSR count). The maximum atomic E-state index is 11.7. The first kappa shape index (κ1) is 36.3. The maximum absolute atomic E-state index is 11.7. The minimum absolute atomic E-state index is 0.107. The molecule has 3 aliphatic heterocycles. The van der Waals surface area contributed by atoms with Crippen LogP contribution in [0.2, 0.25) is 0 Å². The van der Waals surface area contributed by atoms with E-state index in [2.05, 4.69) is 4.74 Å². The summed E-state index contributed by atoms with van der Waals surface area (Å²) in [6.45, 7) is -1.49. The number of rotatable bonds is 10. The molecule has 0 bridgehead atoms. The van der Waals surface area contributed by atoms with Crippen molar-refractivity contribution in [3.63, 3.8) is 0 Å². The van der Waals surface area contributed by atoms with Gasteiger partial charge in [0.25, 0.3) is 5.75 Å². The number of aliphatic hydroxyl groups is 8. The Labute approximate surface area is 276 Å². The third-order valence-electron chi connectivity index (χ3n) is 8.31. The number of esters is 1. The summed E-state index contributed by atoms with van der Waals surface area (Å²) in [7, 11) is 0. The van der Waals surface area contributed by atoms with Crippen molar-refractivity contribution in [2.45, 2.75) is 86.5 Å². The van der Waals surface area contributed by atoms with Crippen LogP contribution >= 0.6 is 0 Å². The van der Waals surface area contributed by atoms with E-state index in [0.29, 0.717) is 0 Å². The Bertz CT molecular complexity index is 1500. The van der Waals surface area contributed by atoms with Crippen molar-refractivity contribution < 1.29 is 94.2 Å². The van der Waals surface area contributed by atoms with E-state index in [0.717, 1.165) is 6.07 Å². The van der Waals surface area contributed by atoms with E-state index in [-0.39, 0.29) is 34.8 Å². The number of aliphatic carboxylic acids is 1. The Hall–Kier alpha value is -4.02. The second-order valence-corrected chi connectivity index (χ2v) is 11.7. The minimum Gasteiger partial charge on any atom is -0.575 e. The molecule has 2 aromatic carbocycles. The van der Waals surface area contributed by atoms with Gasteiger partial charge in [-0.25, -0.2) is 0 Å². The van der Waals surface area contributed by atoms with E-state index in [1.165, 1.54) is 24.3 Å². The van der Waals surface area contributed by atoms with Gasteiger partial charge in [-0.3, -0.25) is 4.79 Å². The molecule has 11 N–H and O–H groups in total. The van der Waals surface area contributed by atoms with Crippen molar-refractivity contribution in [2.24, 2.45) is 0 Å². The number of phenols is 3. The highest BCUT2D eigenvalue weighted by atomic mass is 16.7. The van der Waals surface area contributed by atoms with Crippen LogP contribution in [0.3, 0.4) is 0 Å². The molecular formula is C30H36O19. The molecule has 2 saturated heterocycles. The minimum atomic E-state index is -1.91. The number of carboxylic acids is 1. The second-order valence-electron chi connectivity index (χ2n) is 11.7. The quantitative estimate of drug-likeness (QED) is 0.0482. The zero-order valence-corrected chi connectivity index (χ0v) is 25.3. The van der Waals surface area contributed by atoms with Gasteiger partial charge >= 0.3 is 5.97 Å². The monoisotopic (exact) mass is 700 g/mol. The zero-order valence-electron chi connectivity index (χ0n) is 25.3. The summed E-state index contributed by atoms with van der Waals surface area (Å²) in [5.41, 5.74) is 0.460. The van der Waals surface area contributed by atoms with Crippen LogP contribution < -0.4 is 9.84 Å². The number of fused-ring (bicyclic) bond motifs is 1. The lowest BCUT2D eigenvalue weighted by atomic mass is 9.93. The number of aromatic hydroxyl groups is 4. The average Bonchev–Trinajstić information content (AvgIpc) is 3.05. The number of phenolic OH excluding ortho intramolecular Hbond substituents is 3. The topological polar surface area (TPSA) is 318 Å². The first-order valence-corrected chi connectivity index (χ1v) is 14.9. The molecule has 0 aliphatic carbocycles. The highest BCUT2D eigenvalue weighted by Gasteiger charge is 2.49. The Morgan fingerprint density at radius 1 is 0.837 bits per heavy atom. The van der Waals surface area contributed by atoms with Gasteiger partial charge in [0.05, 0.1) is 30.6 Å². The van der Waals surface area contributed by atoms with Crippen LogP contribution in [-0.4, -0.2) is 148 Å². The van der Waals surface area contributed by atoms with Gasteiger partial charge in [0.2, 0.25) is 12.4 Å². The Morgan fingerprint density at radius 3 is 2.14 bits per heavy atom. The number of aliphatic hydroxyl groups excluding tert-OH is 7. The van der Waals surface area contributed by atoms with Crippen molar-refractivity contribution in [3.8, 4) is 28.7 Å². The van der Waals surface area contributed by atoms with E-state index in [1.54, 1.807) is 0 Å². The van der Waals surface area contributed by atoms with Gasteiger partial charge in [0.1, 0.15) is 66.9 Å². The van der Waals surface area contributed by atoms with Gasteiger partial charge in [-0.1, -0.05) is 0 Å². The summed E-state index contributed by atoms with van der Waals surface area (Å²) in [5.74, 6) is -4.33. The lowest BCUT2D eigenvalue weighted by Gasteiger charge is -2.42. The summed E-state index contributed by atoms with van der Waals surface area (Å²) in [5, 5.41) is 114. The fourth-order valence-electron chi connectivity index (χ4n) is 5.70. The Kier molecular flexibility index (Phi) is 11.0. The predicted octanol–water partition coefficient (Wildman–Crippen LogP) is -4.60. The fourth-order valence-corrected chi connectivity index (χ4v) is 5.70. The first-order chi connectivity index (χ1) is 23.2. The highest BCUT2D eigenvalue weighted by molar-refractivity contribution is 5.89. The molecule has 3 heterocycles. The lowest BCUT2D eigenvalue weighted by molar-refractivity contribution is -0.323. The molecule has 12 atom stereocenters. The van der Waals surface area contributed by atoms with Crippen LogP contribution in [0.1, 0.15) is 23.7 Å². The standard InChI is InChI=1S/C30H36O19/c31-8-18-22(38)24(40)26(42)29(48-18)46-16-5-11(32)4-15-12(16)6-17(28(45-15)10-1-2-13(33)14(34)3-10)47-30-27(43)25(41)23(39)19(49-30)9-44-21(37)7-20(35)36/h1-5,17-19,22-34,38-43H,6-9H2,(H,35,36). The average molecular weight is 701 g/mol. The lowest BCUT2D eigenvalue weighted by Crippen LogP contribution is -2.60. The summed E-state index contributed by atoms with van der Waals surface area (Å²) in [6.07, 6.45) is -20.7. The third kappa shape index (κ3) is 7.75. The molecule has 12 unspecified atom stereocenters. The molecule has 3 aliphatic rings. The number of hydrogen-bond donors (Lipinski definition) is 10. The van der Waals surface area contributed by atoms with Crippen molar-refractivity contribution in [1.29, 1.82) is 0 Å². The molecule has 49 heavy (non-hydrogen) atoms. The first-order valence-electron chi connectivity index (χ1n) is 14.9. The van der Waals surface area contributed by atoms with Gasteiger partial charge in [-0.05, 0) is 18.2 Å². The number of benzene rings is 2. The molecule has 19 nitrogen and oxygen atoms in total. The van der Waals surface area contributed by atoms with Crippen LogP contribution in [0.15, 0.2) is 30.3 Å². The predicted molar refractivity (Wildman–Crippen MR) is 153 cm³/mol. The smallest absolute Gasteiger partial charge is 0.311 e. The van der Waals surface area contributed by atoms with E-state index in [4.69, 9.17) is 23.7 Å². The number of hydrogen-bond acceptors (Lipinski definition) is 18. The van der Waals surface area contributed by atoms with Crippen LogP contribution in [0.5, 0.6) is 28.7 Å². The number of carbonyl (C=O) groups excluding carboxylic acids is 2. The van der Waals surface area contributed by atoms with Gasteiger partial charge < -0.3 is 89.4 Å². The largest absolute Gasteiger partial charge is 0.575 e. The number of carbonyl (C=O) groups is 2. The zero-order chi connectivity index (χ0) is 35.7. The molecule has 0 aromatic heterocycles. The van der Waals surface area contributed by atoms with Gasteiger partial charge in [0.15, 0.2) is 23.9 Å². The maximum Gasteiger partial charge on any atom is 0.311 e. The van der Waals surface area contributed by atoms with E-state index in [1.807, 2.05) is 0 Å². The van der Waals surface area contributed by atoms with Crippen molar-refractivity contribution in [3.05, 3.63) is 41.5 Å². The van der Waals surface area contributed by atoms with Crippen LogP contribution in [0, 0.1) is 0 Å². The van der Waals surface area contributed by atoms with E-state index in [9.17, 15) is 65.8 Å². The van der Waals surface area contributed by atoms with Crippen molar-refractivity contribution in [2.75, 3.05) is 13.2 Å². The molecule has 2 aromatic rings. The SMILES string of the molecule is O=C([O-])CC(=O)OCC1OC(OC2Cc3c(OC4OC(CO)C(O)C(O)C4O)cc(O)cc3[OH+]C2c2ccc(O)c(O)c2)C(O)C(O)C1O. The summed E-state index contributed by atoms with van der Waals surface area (Å²) in [6, 6.07) is 6.13. The molecular weight excluding hydrogens is 664 g/mol. The normalized spacial score (nSPS) is 34.3. The Morgan fingerprint density at radius 2 is 1.49 bits per heavy atom. The molecule has 270 valence electrons. The van der Waals surface area contributed by atoms with Gasteiger partial charge in [-0.15, -0.1) is 0 Å². The summed E-state index contributed by atoms with van der Waals surface area (Å²) in [4.78, 5) is 22.4. The number of ether oxygens (including phenoxy) is 6. The Balaban J connectivity index is 1.45. The molecule has 0 amide bonds. The van der Waals surface area contributed by atoms with Crippen LogP contribution in [0.4, 0.5) is 0 Å². The molecule has 0 radical (unpaired) electrons. The van der Waals surface area contributed by atoms with Crippen molar-refractivity contribution in [1.82, 2.24) is 0 Å². The second kappa shape index (κ2) is 14.8. The molecule has 19 heteroatoms. The highest BCUT2D eigenvalue weighted by Crippen LogP contribution is 2.46. The molecule has 2 fully saturated rings. The van der Waals surface area contributed by atoms with Crippen molar-refractivity contribution >= 4 is 11.9 Å². The van der Waals surface area contributed by atoms with Gasteiger partial charge in [-0.2, -0.15) is 0 Å². The summed E-state index contributed by atoms with van der Waals surface area (Å²) < 4.78 is 32.4. The molecule has 0 spiro atoms. The number of carboxylic acid groups (broad SMARTS) is 1. The van der Waals surface area contributed by atoms with Gasteiger partial charge in [0, 0.05) is 18.1 Å².